The SMILES string of the molecule is N#CC1(CS(=O)(=O)N2CCCC(O)(c3ccccc3)C2)CCC1. The first-order chi connectivity index (χ1) is 10.9. The Morgan fingerprint density at radius 3 is 2.43 bits per heavy atom. The summed E-state index contributed by atoms with van der Waals surface area (Å²) in [7, 11) is -3.54. The van der Waals surface area contributed by atoms with Gasteiger partial charge in [0, 0.05) is 13.1 Å². The summed E-state index contributed by atoms with van der Waals surface area (Å²) in [6.07, 6.45) is 3.38. The van der Waals surface area contributed by atoms with Crippen LogP contribution in [0.3, 0.4) is 0 Å². The Balaban J connectivity index is 1.79. The number of hydrogen-bond acceptors (Lipinski definition) is 4. The zero-order valence-corrected chi connectivity index (χ0v) is 13.9. The topological polar surface area (TPSA) is 81.4 Å². The maximum absolute atomic E-state index is 12.7. The molecule has 124 valence electrons. The van der Waals surface area contributed by atoms with E-state index in [0.29, 0.717) is 32.2 Å². The highest BCUT2D eigenvalue weighted by molar-refractivity contribution is 7.89. The van der Waals surface area contributed by atoms with Crippen molar-refractivity contribution in [1.29, 1.82) is 5.26 Å². The molecular formula is C17H22N2O3S. The molecule has 1 heterocycles. The number of benzene rings is 1. The fourth-order valence-corrected chi connectivity index (χ4v) is 5.60. The summed E-state index contributed by atoms with van der Waals surface area (Å²) in [6.45, 7) is 0.486. The molecule has 23 heavy (non-hydrogen) atoms. The summed E-state index contributed by atoms with van der Waals surface area (Å²) in [6, 6.07) is 11.4. The molecule has 1 aromatic carbocycles. The Labute approximate surface area is 137 Å². The second kappa shape index (κ2) is 5.90. The van der Waals surface area contributed by atoms with Crippen LogP contribution in [0, 0.1) is 16.7 Å². The number of rotatable bonds is 4. The van der Waals surface area contributed by atoms with E-state index in [1.54, 1.807) is 0 Å². The molecule has 2 aliphatic rings. The molecule has 1 N–H and O–H groups in total. The Bertz CT molecular complexity index is 707. The highest BCUT2D eigenvalue weighted by Crippen LogP contribution is 2.42. The molecule has 1 unspecified atom stereocenters. The molecular weight excluding hydrogens is 312 g/mol. The smallest absolute Gasteiger partial charge is 0.215 e. The fourth-order valence-electron chi connectivity index (χ4n) is 3.55. The zero-order chi connectivity index (χ0) is 16.6. The normalized spacial score (nSPS) is 27.8. The average molecular weight is 334 g/mol. The second-order valence-electron chi connectivity index (χ2n) is 6.84. The van der Waals surface area contributed by atoms with Crippen molar-refractivity contribution < 1.29 is 13.5 Å². The van der Waals surface area contributed by atoms with Crippen LogP contribution in [0.4, 0.5) is 0 Å². The first-order valence-electron chi connectivity index (χ1n) is 8.06. The third-order valence-electron chi connectivity index (χ3n) is 5.15. The molecule has 0 amide bonds. The van der Waals surface area contributed by atoms with Gasteiger partial charge in [-0.25, -0.2) is 8.42 Å². The van der Waals surface area contributed by atoms with Gasteiger partial charge < -0.3 is 5.11 Å². The Kier molecular flexibility index (Phi) is 4.21. The molecule has 0 aromatic heterocycles. The Morgan fingerprint density at radius 2 is 1.87 bits per heavy atom. The maximum atomic E-state index is 12.7. The lowest BCUT2D eigenvalue weighted by Gasteiger charge is -2.41. The number of nitrogens with zero attached hydrogens (tertiary/aromatic N) is 2. The van der Waals surface area contributed by atoms with Gasteiger partial charge >= 0.3 is 0 Å². The maximum Gasteiger partial charge on any atom is 0.215 e. The fraction of sp³-hybridized carbons (Fsp3) is 0.588. The first kappa shape index (κ1) is 16.4. The number of β-amino-alcohol motifs (C(OH)–C–C–N with tert-alkyl or cyclic N) is 1. The molecule has 0 radical (unpaired) electrons. The quantitative estimate of drug-likeness (QED) is 0.913. The van der Waals surface area contributed by atoms with Crippen molar-refractivity contribution >= 4 is 10.0 Å². The highest BCUT2D eigenvalue weighted by atomic mass is 32.2. The molecule has 1 aliphatic carbocycles. The van der Waals surface area contributed by atoms with Crippen LogP contribution in [0.5, 0.6) is 0 Å². The minimum atomic E-state index is -3.54. The Morgan fingerprint density at radius 1 is 1.17 bits per heavy atom. The lowest BCUT2D eigenvalue weighted by atomic mass is 9.72. The van der Waals surface area contributed by atoms with E-state index in [2.05, 4.69) is 6.07 Å². The first-order valence-corrected chi connectivity index (χ1v) is 9.67. The summed E-state index contributed by atoms with van der Waals surface area (Å²) >= 11 is 0. The van der Waals surface area contributed by atoms with Crippen molar-refractivity contribution in [2.45, 2.75) is 37.7 Å². The highest BCUT2D eigenvalue weighted by Gasteiger charge is 2.46. The minimum Gasteiger partial charge on any atom is -0.384 e. The number of aliphatic hydroxyl groups is 1. The minimum absolute atomic E-state index is 0.0703. The predicted octanol–water partition coefficient (Wildman–Crippen LogP) is 1.99. The van der Waals surface area contributed by atoms with Crippen LogP contribution in [0.15, 0.2) is 30.3 Å². The third kappa shape index (κ3) is 3.14. The molecule has 5 nitrogen and oxygen atoms in total. The van der Waals surface area contributed by atoms with Gasteiger partial charge in [-0.05, 0) is 31.2 Å². The zero-order valence-electron chi connectivity index (χ0n) is 13.1. The van der Waals surface area contributed by atoms with E-state index in [1.807, 2.05) is 30.3 Å². The lowest BCUT2D eigenvalue weighted by molar-refractivity contribution is -0.0126. The van der Waals surface area contributed by atoms with Crippen molar-refractivity contribution in [2.75, 3.05) is 18.8 Å². The molecule has 1 aliphatic heterocycles. The van der Waals surface area contributed by atoms with Gasteiger partial charge in [-0.3, -0.25) is 0 Å². The van der Waals surface area contributed by atoms with Crippen LogP contribution in [0.25, 0.3) is 0 Å². The Hall–Kier alpha value is -1.42. The summed E-state index contributed by atoms with van der Waals surface area (Å²) in [5.74, 6) is -0.124. The molecule has 0 spiro atoms. The van der Waals surface area contributed by atoms with E-state index in [9.17, 15) is 18.8 Å². The van der Waals surface area contributed by atoms with Crippen LogP contribution in [0.1, 0.15) is 37.7 Å². The van der Waals surface area contributed by atoms with Crippen LogP contribution in [-0.2, 0) is 15.6 Å². The summed E-state index contributed by atoms with van der Waals surface area (Å²) in [5.41, 5.74) is -1.12. The van der Waals surface area contributed by atoms with E-state index in [-0.39, 0.29) is 12.3 Å². The van der Waals surface area contributed by atoms with Crippen LogP contribution < -0.4 is 0 Å². The number of nitriles is 1. The largest absolute Gasteiger partial charge is 0.384 e. The standard InChI is InChI=1S/C17H22N2O3S/c18-12-16(8-4-9-16)14-23(21,22)19-11-5-10-17(20,13-19)15-6-2-1-3-7-15/h1-3,6-7,20H,4-5,8-11,13-14H2. The van der Waals surface area contributed by atoms with Crippen molar-refractivity contribution in [1.82, 2.24) is 4.31 Å². The van der Waals surface area contributed by atoms with Gasteiger partial charge in [-0.1, -0.05) is 36.8 Å². The molecule has 3 rings (SSSR count). The van der Waals surface area contributed by atoms with Crippen LogP contribution in [0.2, 0.25) is 0 Å². The van der Waals surface area contributed by atoms with E-state index >= 15 is 0 Å². The number of sulfonamides is 1. The van der Waals surface area contributed by atoms with E-state index in [1.165, 1.54) is 4.31 Å². The lowest BCUT2D eigenvalue weighted by Crippen LogP contribution is -2.51. The molecule has 0 bridgehead atoms. The van der Waals surface area contributed by atoms with Crippen LogP contribution >= 0.6 is 0 Å². The molecule has 6 heteroatoms. The summed E-state index contributed by atoms with van der Waals surface area (Å²) in [5, 5.41) is 20.2. The van der Waals surface area contributed by atoms with Gasteiger partial charge in [0.25, 0.3) is 0 Å². The van der Waals surface area contributed by atoms with E-state index < -0.39 is 21.0 Å². The van der Waals surface area contributed by atoms with Crippen molar-refractivity contribution in [3.05, 3.63) is 35.9 Å². The number of piperidine rings is 1. The van der Waals surface area contributed by atoms with E-state index in [0.717, 1.165) is 12.0 Å². The van der Waals surface area contributed by atoms with Crippen LogP contribution in [-0.4, -0.2) is 36.7 Å². The number of hydrogen-bond donors (Lipinski definition) is 1. The second-order valence-corrected chi connectivity index (χ2v) is 8.81. The van der Waals surface area contributed by atoms with Gasteiger partial charge in [0.05, 0.1) is 17.2 Å². The monoisotopic (exact) mass is 334 g/mol. The van der Waals surface area contributed by atoms with Gasteiger partial charge in [0.15, 0.2) is 0 Å². The van der Waals surface area contributed by atoms with Gasteiger partial charge in [0.1, 0.15) is 5.60 Å². The summed E-state index contributed by atoms with van der Waals surface area (Å²) < 4.78 is 26.8. The van der Waals surface area contributed by atoms with Gasteiger partial charge in [-0.2, -0.15) is 9.57 Å². The molecule has 1 saturated heterocycles. The molecule has 1 saturated carbocycles. The van der Waals surface area contributed by atoms with E-state index in [4.69, 9.17) is 0 Å². The van der Waals surface area contributed by atoms with Crippen molar-refractivity contribution in [3.8, 4) is 6.07 Å². The van der Waals surface area contributed by atoms with Crippen molar-refractivity contribution in [2.24, 2.45) is 5.41 Å². The molecule has 2 fully saturated rings. The van der Waals surface area contributed by atoms with Gasteiger partial charge in [-0.15, -0.1) is 0 Å². The van der Waals surface area contributed by atoms with Crippen molar-refractivity contribution in [3.63, 3.8) is 0 Å². The van der Waals surface area contributed by atoms with Gasteiger partial charge in [0.2, 0.25) is 10.0 Å². The molecule has 1 atom stereocenters. The predicted molar refractivity (Wildman–Crippen MR) is 86.8 cm³/mol. The average Bonchev–Trinajstić information content (AvgIpc) is 2.52. The summed E-state index contributed by atoms with van der Waals surface area (Å²) in [4.78, 5) is 0. The molecule has 1 aromatic rings. The third-order valence-corrected chi connectivity index (χ3v) is 7.16.